The van der Waals surface area contributed by atoms with E-state index in [-0.39, 0.29) is 0 Å². The third kappa shape index (κ3) is 7.17. The normalized spacial score (nSPS) is 12.5. The van der Waals surface area contributed by atoms with Crippen LogP contribution < -0.4 is 5.76 Å². The highest BCUT2D eigenvalue weighted by Crippen LogP contribution is 2.39. The van der Waals surface area contributed by atoms with Crippen LogP contribution >= 0.6 is 23.5 Å². The highest BCUT2D eigenvalue weighted by Gasteiger charge is 2.30. The molecule has 180 valence electrons. The molecule has 34 heavy (non-hydrogen) atoms. The van der Waals surface area contributed by atoms with Crippen LogP contribution in [0.3, 0.4) is 0 Å². The monoisotopic (exact) mass is 506 g/mol. The number of allylic oxidation sites excluding steroid dienone is 1. The Hall–Kier alpha value is -2.65. The number of aromatic nitrogens is 2. The quantitative estimate of drug-likeness (QED) is 0.282. The lowest BCUT2D eigenvalue weighted by Gasteiger charge is -2.15. The third-order valence-electron chi connectivity index (χ3n) is 5.10. The van der Waals surface area contributed by atoms with Crippen LogP contribution in [-0.2, 0) is 6.18 Å². The van der Waals surface area contributed by atoms with Gasteiger partial charge in [0.1, 0.15) is 0 Å². The minimum atomic E-state index is -4.36. The van der Waals surface area contributed by atoms with Crippen LogP contribution in [0.15, 0.2) is 79.8 Å². The van der Waals surface area contributed by atoms with Gasteiger partial charge in [0.2, 0.25) is 0 Å². The number of thioether (sulfide) groups is 2. The molecule has 1 N–H and O–H groups in total. The topological polar surface area (TPSA) is 58.9 Å². The van der Waals surface area contributed by atoms with E-state index >= 15 is 0 Å². The number of halogens is 3. The lowest BCUT2D eigenvalue weighted by atomic mass is 10.1. The number of nitrogens with zero attached hydrogens (tertiary/aromatic N) is 1. The molecule has 0 bridgehead atoms. The molecular formula is C25H25F3N2O2S2. The maximum Gasteiger partial charge on any atom is 0.439 e. The molecule has 0 saturated carbocycles. The lowest BCUT2D eigenvalue weighted by molar-refractivity contribution is -0.137. The molecule has 3 rings (SSSR count). The highest BCUT2D eigenvalue weighted by atomic mass is 32.2. The number of benzene rings is 2. The second kappa shape index (κ2) is 11.7. The number of rotatable bonds is 10. The fourth-order valence-electron chi connectivity index (χ4n) is 3.09. The molecule has 0 saturated heterocycles. The number of H-pyrrole nitrogens is 1. The summed E-state index contributed by atoms with van der Waals surface area (Å²) in [6, 6.07) is 12.7. The fourth-order valence-corrected chi connectivity index (χ4v) is 5.20. The highest BCUT2D eigenvalue weighted by molar-refractivity contribution is 8.13. The second-order valence-corrected chi connectivity index (χ2v) is 9.90. The van der Waals surface area contributed by atoms with Crippen LogP contribution in [0.2, 0.25) is 0 Å². The first-order chi connectivity index (χ1) is 16.2. The molecule has 0 amide bonds. The molecule has 0 atom stereocenters. The predicted molar refractivity (Wildman–Crippen MR) is 134 cm³/mol. The van der Waals surface area contributed by atoms with Crippen molar-refractivity contribution in [2.24, 2.45) is 0 Å². The maximum absolute atomic E-state index is 12.9. The molecule has 2 aromatic carbocycles. The smallest absolute Gasteiger partial charge is 0.296 e. The average molecular weight is 507 g/mol. The number of hydrogen-bond donors (Lipinski definition) is 1. The maximum atomic E-state index is 12.9. The van der Waals surface area contributed by atoms with Gasteiger partial charge in [-0.05, 0) is 54.5 Å². The third-order valence-corrected chi connectivity index (χ3v) is 7.54. The van der Waals surface area contributed by atoms with Crippen LogP contribution in [0.1, 0.15) is 44.2 Å². The molecule has 0 spiro atoms. The summed E-state index contributed by atoms with van der Waals surface area (Å²) in [7, 11) is 0. The summed E-state index contributed by atoms with van der Waals surface area (Å²) in [5.41, 5.74) is 2.01. The summed E-state index contributed by atoms with van der Waals surface area (Å²) >= 11 is 3.17. The van der Waals surface area contributed by atoms with E-state index in [1.807, 2.05) is 24.3 Å². The van der Waals surface area contributed by atoms with Gasteiger partial charge in [0.15, 0.2) is 5.82 Å². The van der Waals surface area contributed by atoms with Gasteiger partial charge >= 0.3 is 11.9 Å². The molecule has 9 heteroatoms. The lowest BCUT2D eigenvalue weighted by Crippen LogP contribution is -2.04. The van der Waals surface area contributed by atoms with Crippen LogP contribution in [0.4, 0.5) is 13.2 Å². The summed E-state index contributed by atoms with van der Waals surface area (Å²) < 4.78 is 43.2. The van der Waals surface area contributed by atoms with Crippen molar-refractivity contribution in [1.82, 2.24) is 10.1 Å². The van der Waals surface area contributed by atoms with E-state index in [0.717, 1.165) is 46.8 Å². The first-order valence-corrected chi connectivity index (χ1v) is 12.5. The van der Waals surface area contributed by atoms with Crippen molar-refractivity contribution in [3.05, 3.63) is 87.3 Å². The van der Waals surface area contributed by atoms with Gasteiger partial charge in [0.05, 0.1) is 5.56 Å². The van der Waals surface area contributed by atoms with Gasteiger partial charge in [-0.25, -0.2) is 4.79 Å². The molecule has 1 aromatic heterocycles. The fraction of sp³-hybridized carbons (Fsp3) is 0.280. The van der Waals surface area contributed by atoms with Crippen LogP contribution in [0, 0.1) is 0 Å². The van der Waals surface area contributed by atoms with E-state index in [1.54, 1.807) is 11.8 Å². The van der Waals surface area contributed by atoms with Crippen molar-refractivity contribution in [1.29, 1.82) is 0 Å². The van der Waals surface area contributed by atoms with Gasteiger partial charge in [-0.2, -0.15) is 13.2 Å². The Morgan fingerprint density at radius 1 is 1.12 bits per heavy atom. The Labute approximate surface area is 204 Å². The molecule has 0 fully saturated rings. The first kappa shape index (κ1) is 26.0. The number of nitrogens with one attached hydrogen (secondary N) is 1. The summed E-state index contributed by atoms with van der Waals surface area (Å²) in [4.78, 5) is 16.6. The van der Waals surface area contributed by atoms with Gasteiger partial charge < -0.3 is 0 Å². The average Bonchev–Trinajstić information content (AvgIpc) is 3.26. The van der Waals surface area contributed by atoms with E-state index in [0.29, 0.717) is 22.0 Å². The number of hydrogen-bond acceptors (Lipinski definition) is 5. The van der Waals surface area contributed by atoms with Gasteiger partial charge in [0, 0.05) is 21.1 Å². The van der Waals surface area contributed by atoms with Crippen LogP contribution in [-0.4, -0.2) is 15.9 Å². The largest absolute Gasteiger partial charge is 0.439 e. The minimum Gasteiger partial charge on any atom is -0.296 e. The van der Waals surface area contributed by atoms with Crippen LogP contribution in [0.5, 0.6) is 0 Å². The number of aromatic amines is 1. The summed E-state index contributed by atoms with van der Waals surface area (Å²) in [6.45, 7) is 8.35. The molecule has 0 aliphatic carbocycles. The van der Waals surface area contributed by atoms with Crippen molar-refractivity contribution in [2.45, 2.75) is 44.2 Å². The zero-order valence-corrected chi connectivity index (χ0v) is 20.5. The Kier molecular flexibility index (Phi) is 8.90. The van der Waals surface area contributed by atoms with Crippen molar-refractivity contribution >= 4 is 28.4 Å². The standard InChI is InChI=1S/C25H25F3N2O2S2/c1-4-5-6-16(2)22(34-17(3)18-7-11-20(12-8-18)25(26,27)28)15-33-21-13-9-19(10-14-21)23-29-24(31)32-30-23/h7-14H,3-6,15H2,1-2H3,(H,29,30,31)/b22-16+. The second-order valence-electron chi connectivity index (χ2n) is 7.66. The summed E-state index contributed by atoms with van der Waals surface area (Å²) in [5, 5.41) is 3.69. The van der Waals surface area contributed by atoms with Crippen molar-refractivity contribution < 1.29 is 17.7 Å². The minimum absolute atomic E-state index is 0.376. The van der Waals surface area contributed by atoms with E-state index < -0.39 is 17.5 Å². The molecule has 1 heterocycles. The van der Waals surface area contributed by atoms with Crippen molar-refractivity contribution in [2.75, 3.05) is 5.75 Å². The van der Waals surface area contributed by atoms with Gasteiger partial charge in [-0.15, -0.1) is 11.8 Å². The Balaban J connectivity index is 1.71. The molecular weight excluding hydrogens is 481 g/mol. The first-order valence-electron chi connectivity index (χ1n) is 10.7. The van der Waals surface area contributed by atoms with Crippen LogP contribution in [0.25, 0.3) is 16.3 Å². The number of unbranched alkanes of at least 4 members (excludes halogenated alkanes) is 1. The zero-order chi connectivity index (χ0) is 24.7. The summed E-state index contributed by atoms with van der Waals surface area (Å²) in [6.07, 6.45) is -1.26. The summed E-state index contributed by atoms with van der Waals surface area (Å²) in [5.74, 6) is 0.483. The van der Waals surface area contributed by atoms with E-state index in [9.17, 15) is 18.0 Å². The number of alkyl halides is 3. The Bertz CT molecular complexity index is 1190. The molecule has 0 aliphatic heterocycles. The molecule has 0 unspecified atom stereocenters. The zero-order valence-electron chi connectivity index (χ0n) is 18.9. The molecule has 4 nitrogen and oxygen atoms in total. The van der Waals surface area contributed by atoms with Crippen molar-refractivity contribution in [3.8, 4) is 11.4 Å². The SMILES string of the molecule is C=C(S/C(CSc1ccc(-c2noc(=O)[nH]2)cc1)=C(\C)CCCC)c1ccc(C(F)(F)F)cc1. The van der Waals surface area contributed by atoms with Gasteiger partial charge in [0.25, 0.3) is 0 Å². The molecule has 0 radical (unpaired) electrons. The predicted octanol–water partition coefficient (Wildman–Crippen LogP) is 8.01. The molecule has 3 aromatic rings. The van der Waals surface area contributed by atoms with E-state index in [1.165, 1.54) is 29.5 Å². The van der Waals surface area contributed by atoms with Gasteiger partial charge in [-0.1, -0.05) is 66.7 Å². The Morgan fingerprint density at radius 3 is 2.35 bits per heavy atom. The molecule has 0 aliphatic rings. The van der Waals surface area contributed by atoms with Crippen molar-refractivity contribution in [3.63, 3.8) is 0 Å². The Morgan fingerprint density at radius 2 is 1.79 bits per heavy atom. The van der Waals surface area contributed by atoms with Gasteiger partial charge in [-0.3, -0.25) is 9.51 Å². The van der Waals surface area contributed by atoms with E-state index in [2.05, 4.69) is 35.1 Å². The van der Waals surface area contributed by atoms with E-state index in [4.69, 9.17) is 0 Å².